The molecule has 0 bridgehead atoms. The van der Waals surface area contributed by atoms with Crippen LogP contribution in [0.2, 0.25) is 0 Å². The molecular formula is C27H26N2O4. The topological polar surface area (TPSA) is 84.5 Å². The molecule has 2 N–H and O–H groups in total. The lowest BCUT2D eigenvalue weighted by molar-refractivity contribution is -0.147. The molecule has 3 aromatic carbocycles. The van der Waals surface area contributed by atoms with Gasteiger partial charge in [0.05, 0.1) is 6.42 Å². The number of ether oxygens (including phenoxy) is 1. The highest BCUT2D eigenvalue weighted by Crippen LogP contribution is 2.28. The molecule has 0 aromatic heterocycles. The Kier molecular flexibility index (Phi) is 7.15. The van der Waals surface area contributed by atoms with Crippen molar-refractivity contribution in [2.24, 2.45) is 0 Å². The maximum atomic E-state index is 12.6. The van der Waals surface area contributed by atoms with Crippen molar-refractivity contribution in [3.63, 3.8) is 0 Å². The third-order valence-corrected chi connectivity index (χ3v) is 5.46. The minimum atomic E-state index is -0.459. The lowest BCUT2D eigenvalue weighted by Crippen LogP contribution is -2.25. The summed E-state index contributed by atoms with van der Waals surface area (Å²) >= 11 is 0. The molecule has 0 atom stereocenters. The second-order valence-corrected chi connectivity index (χ2v) is 8.12. The Morgan fingerprint density at radius 2 is 1.48 bits per heavy atom. The van der Waals surface area contributed by atoms with Gasteiger partial charge in [-0.05, 0) is 42.2 Å². The predicted octanol–water partition coefficient (Wildman–Crippen LogP) is 4.28. The number of anilines is 1. The first-order chi connectivity index (χ1) is 16.1. The van der Waals surface area contributed by atoms with Crippen LogP contribution in [0.15, 0.2) is 84.9 Å². The van der Waals surface area contributed by atoms with Gasteiger partial charge in [-0.25, -0.2) is 0 Å². The highest BCUT2D eigenvalue weighted by Gasteiger charge is 2.24. The van der Waals surface area contributed by atoms with Gasteiger partial charge in [0, 0.05) is 23.2 Å². The molecule has 6 heteroatoms. The van der Waals surface area contributed by atoms with E-state index in [1.165, 1.54) is 0 Å². The second-order valence-electron chi connectivity index (χ2n) is 8.12. The standard InChI is InChI=1S/C27H26N2O4/c30-25(28-23-13-7-12-21(16-23)27(32)29-22-14-15-22)18-33-26(31)17-24(19-8-3-1-4-9-19)20-10-5-2-6-11-20/h1-13,16,22,24H,14-15,17-18H2,(H,28,30)(H,29,32). The Morgan fingerprint density at radius 3 is 2.09 bits per heavy atom. The zero-order valence-electron chi connectivity index (χ0n) is 18.2. The van der Waals surface area contributed by atoms with Crippen molar-refractivity contribution in [2.45, 2.75) is 31.2 Å². The third-order valence-electron chi connectivity index (χ3n) is 5.46. The number of hydrogen-bond acceptors (Lipinski definition) is 4. The van der Waals surface area contributed by atoms with E-state index in [0.717, 1.165) is 24.0 Å². The van der Waals surface area contributed by atoms with Gasteiger partial charge in [0.25, 0.3) is 11.8 Å². The van der Waals surface area contributed by atoms with Crippen molar-refractivity contribution < 1.29 is 19.1 Å². The van der Waals surface area contributed by atoms with Crippen LogP contribution in [-0.4, -0.2) is 30.4 Å². The van der Waals surface area contributed by atoms with Gasteiger partial charge in [-0.2, -0.15) is 0 Å². The van der Waals surface area contributed by atoms with Crippen LogP contribution >= 0.6 is 0 Å². The Balaban J connectivity index is 1.32. The number of esters is 1. The maximum Gasteiger partial charge on any atom is 0.307 e. The average Bonchev–Trinajstić information content (AvgIpc) is 3.66. The van der Waals surface area contributed by atoms with Gasteiger partial charge in [-0.3, -0.25) is 14.4 Å². The molecule has 1 fully saturated rings. The first-order valence-corrected chi connectivity index (χ1v) is 11.0. The van der Waals surface area contributed by atoms with E-state index in [1.807, 2.05) is 60.7 Å². The molecule has 3 aromatic rings. The summed E-state index contributed by atoms with van der Waals surface area (Å²) in [5, 5.41) is 5.60. The first kappa shape index (κ1) is 22.3. The molecular weight excluding hydrogens is 416 g/mol. The van der Waals surface area contributed by atoms with Gasteiger partial charge in [-0.15, -0.1) is 0 Å². The van der Waals surface area contributed by atoms with Crippen molar-refractivity contribution in [1.29, 1.82) is 0 Å². The largest absolute Gasteiger partial charge is 0.456 e. The van der Waals surface area contributed by atoms with Gasteiger partial charge >= 0.3 is 5.97 Å². The van der Waals surface area contributed by atoms with Crippen LogP contribution in [0.5, 0.6) is 0 Å². The Labute approximate surface area is 193 Å². The van der Waals surface area contributed by atoms with Gasteiger partial charge < -0.3 is 15.4 Å². The van der Waals surface area contributed by atoms with E-state index in [0.29, 0.717) is 11.3 Å². The first-order valence-electron chi connectivity index (χ1n) is 11.0. The van der Waals surface area contributed by atoms with Crippen LogP contribution in [0.25, 0.3) is 0 Å². The third kappa shape index (κ3) is 6.53. The summed E-state index contributed by atoms with van der Waals surface area (Å²) < 4.78 is 5.26. The van der Waals surface area contributed by atoms with Crippen LogP contribution in [0.4, 0.5) is 5.69 Å². The monoisotopic (exact) mass is 442 g/mol. The molecule has 2 amide bonds. The Morgan fingerprint density at radius 1 is 0.848 bits per heavy atom. The minimum absolute atomic E-state index is 0.123. The number of rotatable bonds is 9. The second kappa shape index (κ2) is 10.6. The Hall–Kier alpha value is -3.93. The molecule has 1 aliphatic rings. The summed E-state index contributed by atoms with van der Waals surface area (Å²) in [6.07, 6.45) is 2.13. The quantitative estimate of drug-likeness (QED) is 0.485. The van der Waals surface area contributed by atoms with E-state index in [2.05, 4.69) is 10.6 Å². The number of benzene rings is 3. The number of carbonyl (C=O) groups excluding carboxylic acids is 3. The van der Waals surface area contributed by atoms with Gasteiger partial charge in [0.1, 0.15) is 0 Å². The molecule has 1 saturated carbocycles. The molecule has 0 radical (unpaired) electrons. The molecule has 6 nitrogen and oxygen atoms in total. The summed E-state index contributed by atoms with van der Waals surface area (Å²) in [5.41, 5.74) is 2.97. The van der Waals surface area contributed by atoms with Crippen molar-refractivity contribution in [2.75, 3.05) is 11.9 Å². The van der Waals surface area contributed by atoms with Crippen LogP contribution in [-0.2, 0) is 14.3 Å². The van der Waals surface area contributed by atoms with E-state index in [9.17, 15) is 14.4 Å². The zero-order chi connectivity index (χ0) is 23.0. The van der Waals surface area contributed by atoms with Gasteiger partial charge in [0.15, 0.2) is 6.61 Å². The predicted molar refractivity (Wildman–Crippen MR) is 126 cm³/mol. The molecule has 0 unspecified atom stereocenters. The van der Waals surface area contributed by atoms with Crippen LogP contribution < -0.4 is 10.6 Å². The number of hydrogen-bond donors (Lipinski definition) is 2. The molecule has 0 aliphatic heterocycles. The molecule has 4 rings (SSSR count). The summed E-state index contributed by atoms with van der Waals surface area (Å²) in [5.74, 6) is -1.24. The lowest BCUT2D eigenvalue weighted by atomic mass is 9.89. The van der Waals surface area contributed by atoms with E-state index in [1.54, 1.807) is 24.3 Å². The SMILES string of the molecule is O=C(COC(=O)CC(c1ccccc1)c1ccccc1)Nc1cccc(C(=O)NC2CC2)c1. The highest BCUT2D eigenvalue weighted by molar-refractivity contribution is 5.98. The summed E-state index contributed by atoms with van der Waals surface area (Å²) in [6.45, 7) is -0.395. The fourth-order valence-corrected chi connectivity index (χ4v) is 3.60. The zero-order valence-corrected chi connectivity index (χ0v) is 18.2. The molecule has 0 spiro atoms. The van der Waals surface area contributed by atoms with Crippen molar-refractivity contribution in [3.05, 3.63) is 102 Å². The maximum absolute atomic E-state index is 12.6. The highest BCUT2D eigenvalue weighted by atomic mass is 16.5. The van der Waals surface area contributed by atoms with Gasteiger partial charge in [0.2, 0.25) is 0 Å². The summed E-state index contributed by atoms with van der Waals surface area (Å²) in [6, 6.07) is 26.4. The van der Waals surface area contributed by atoms with Gasteiger partial charge in [-0.1, -0.05) is 66.7 Å². The molecule has 33 heavy (non-hydrogen) atoms. The van der Waals surface area contributed by atoms with E-state index in [-0.39, 0.29) is 24.3 Å². The average molecular weight is 443 g/mol. The fraction of sp³-hybridized carbons (Fsp3) is 0.222. The van der Waals surface area contributed by atoms with E-state index >= 15 is 0 Å². The summed E-state index contributed by atoms with van der Waals surface area (Å²) in [4.78, 5) is 37.1. The number of carbonyl (C=O) groups is 3. The number of nitrogens with one attached hydrogen (secondary N) is 2. The molecule has 1 aliphatic carbocycles. The Bertz CT molecular complexity index is 1070. The van der Waals surface area contributed by atoms with E-state index < -0.39 is 18.5 Å². The van der Waals surface area contributed by atoms with Crippen molar-refractivity contribution in [1.82, 2.24) is 5.32 Å². The van der Waals surface area contributed by atoms with Crippen LogP contribution in [0.1, 0.15) is 46.7 Å². The normalized spacial score (nSPS) is 12.8. The fourth-order valence-electron chi connectivity index (χ4n) is 3.60. The van der Waals surface area contributed by atoms with Crippen molar-refractivity contribution in [3.8, 4) is 0 Å². The van der Waals surface area contributed by atoms with Crippen LogP contribution in [0, 0.1) is 0 Å². The van der Waals surface area contributed by atoms with E-state index in [4.69, 9.17) is 4.74 Å². The molecule has 0 heterocycles. The minimum Gasteiger partial charge on any atom is -0.456 e. The lowest BCUT2D eigenvalue weighted by Gasteiger charge is -2.17. The van der Waals surface area contributed by atoms with Crippen LogP contribution in [0.3, 0.4) is 0 Å². The smallest absolute Gasteiger partial charge is 0.307 e. The van der Waals surface area contributed by atoms with Crippen molar-refractivity contribution >= 4 is 23.5 Å². The number of amides is 2. The molecule has 168 valence electrons. The summed E-state index contributed by atoms with van der Waals surface area (Å²) in [7, 11) is 0. The molecule has 0 saturated heterocycles.